The fraction of sp³-hybridized carbons (Fsp3) is 0.250. The van der Waals surface area contributed by atoms with E-state index in [9.17, 15) is 14.0 Å². The first-order valence-electron chi connectivity index (χ1n) is 10.9. The third kappa shape index (κ3) is 3.38. The largest absolute Gasteiger partial charge is 0.351 e. The molecule has 1 aliphatic rings. The molecule has 2 N–H and O–H groups in total. The van der Waals surface area contributed by atoms with E-state index in [4.69, 9.17) is 0 Å². The van der Waals surface area contributed by atoms with E-state index in [0.29, 0.717) is 34.4 Å². The van der Waals surface area contributed by atoms with Crippen LogP contribution in [0.3, 0.4) is 0 Å². The first-order valence-corrected chi connectivity index (χ1v) is 10.9. The Labute approximate surface area is 194 Å². The molecule has 34 heavy (non-hydrogen) atoms. The van der Waals surface area contributed by atoms with Crippen molar-refractivity contribution < 1.29 is 14.0 Å². The lowest BCUT2D eigenvalue weighted by Crippen LogP contribution is -2.31. The lowest BCUT2D eigenvalue weighted by molar-refractivity contribution is -0.119. The summed E-state index contributed by atoms with van der Waals surface area (Å²) >= 11 is 0. The predicted octanol–water partition coefficient (Wildman–Crippen LogP) is 3.06. The van der Waals surface area contributed by atoms with Gasteiger partial charge in [-0.3, -0.25) is 9.59 Å². The molecule has 4 aromatic rings. The van der Waals surface area contributed by atoms with Crippen LogP contribution in [0.25, 0.3) is 22.6 Å². The van der Waals surface area contributed by atoms with Crippen LogP contribution < -0.4 is 10.6 Å². The molecular weight excluding hydrogens is 437 g/mol. The number of hydrogen-bond donors (Lipinski definition) is 2. The number of nitrogens with zero attached hydrogens (tertiary/aromatic N) is 5. The smallest absolute Gasteiger partial charge is 0.270 e. The Morgan fingerprint density at radius 2 is 1.97 bits per heavy atom. The summed E-state index contributed by atoms with van der Waals surface area (Å²) in [6.07, 6.45) is 1.62. The predicted molar refractivity (Wildman–Crippen MR) is 124 cm³/mol. The topological polar surface area (TPSA) is 115 Å². The zero-order chi connectivity index (χ0) is 24.0. The van der Waals surface area contributed by atoms with Gasteiger partial charge in [0.1, 0.15) is 23.0 Å². The normalized spacial score (nSPS) is 14.2. The average Bonchev–Trinajstić information content (AvgIpc) is 3.29. The number of fused-ring (bicyclic) bond motifs is 2. The van der Waals surface area contributed by atoms with E-state index in [1.54, 1.807) is 55.9 Å². The molecule has 5 rings (SSSR count). The van der Waals surface area contributed by atoms with Crippen molar-refractivity contribution in [2.24, 2.45) is 0 Å². The second-order valence-electron chi connectivity index (χ2n) is 8.53. The van der Waals surface area contributed by atoms with E-state index in [2.05, 4.69) is 30.7 Å². The maximum absolute atomic E-state index is 14.3. The molecule has 2 amide bonds. The number of amides is 2. The molecule has 0 spiro atoms. The van der Waals surface area contributed by atoms with E-state index in [-0.39, 0.29) is 35.6 Å². The molecule has 1 aromatic carbocycles. The molecule has 0 saturated heterocycles. The number of carbonyl (C=O) groups is 2. The fourth-order valence-corrected chi connectivity index (χ4v) is 4.11. The maximum Gasteiger partial charge on any atom is 0.270 e. The number of carbonyl (C=O) groups excluding carboxylic acids is 2. The van der Waals surface area contributed by atoms with E-state index >= 15 is 0 Å². The van der Waals surface area contributed by atoms with Gasteiger partial charge in [-0.15, -0.1) is 0 Å². The SMILES string of the molecule is CCNC(=O)c1nc(-c2nn(Cc3ccccc3F)c3ncccc23)nc2c1C(C)(C)C(=O)N2. The Kier molecular flexibility index (Phi) is 5.07. The van der Waals surface area contributed by atoms with Crippen LogP contribution in [0.15, 0.2) is 42.6 Å². The summed E-state index contributed by atoms with van der Waals surface area (Å²) in [6.45, 7) is 5.81. The summed E-state index contributed by atoms with van der Waals surface area (Å²) in [6, 6.07) is 10.0. The average molecular weight is 459 g/mol. The number of rotatable bonds is 5. The molecule has 0 bridgehead atoms. The van der Waals surface area contributed by atoms with E-state index in [0.717, 1.165) is 0 Å². The van der Waals surface area contributed by atoms with E-state index in [1.165, 1.54) is 6.07 Å². The van der Waals surface area contributed by atoms with Gasteiger partial charge < -0.3 is 10.6 Å². The van der Waals surface area contributed by atoms with Gasteiger partial charge in [0.2, 0.25) is 5.91 Å². The quantitative estimate of drug-likeness (QED) is 0.474. The van der Waals surface area contributed by atoms with Gasteiger partial charge in [0.05, 0.1) is 17.3 Å². The van der Waals surface area contributed by atoms with Crippen LogP contribution in [0.2, 0.25) is 0 Å². The highest BCUT2D eigenvalue weighted by atomic mass is 19.1. The monoisotopic (exact) mass is 459 g/mol. The molecule has 0 unspecified atom stereocenters. The molecule has 4 heterocycles. The third-order valence-electron chi connectivity index (χ3n) is 5.88. The summed E-state index contributed by atoms with van der Waals surface area (Å²) in [4.78, 5) is 39.1. The minimum Gasteiger partial charge on any atom is -0.351 e. The van der Waals surface area contributed by atoms with E-state index in [1.807, 2.05) is 6.07 Å². The van der Waals surface area contributed by atoms with Crippen molar-refractivity contribution in [1.82, 2.24) is 30.0 Å². The summed E-state index contributed by atoms with van der Waals surface area (Å²) in [5.41, 5.74) is 0.949. The highest BCUT2D eigenvalue weighted by Crippen LogP contribution is 2.39. The van der Waals surface area contributed by atoms with Crippen molar-refractivity contribution in [3.05, 3.63) is 65.2 Å². The van der Waals surface area contributed by atoms with Crippen molar-refractivity contribution in [1.29, 1.82) is 0 Å². The Morgan fingerprint density at radius 3 is 2.74 bits per heavy atom. The molecule has 0 saturated carbocycles. The zero-order valence-electron chi connectivity index (χ0n) is 18.9. The molecule has 3 aromatic heterocycles. The van der Waals surface area contributed by atoms with Crippen LogP contribution in [0, 0.1) is 5.82 Å². The molecule has 0 fully saturated rings. The minimum atomic E-state index is -0.970. The molecule has 9 nitrogen and oxygen atoms in total. The Morgan fingerprint density at radius 1 is 1.18 bits per heavy atom. The van der Waals surface area contributed by atoms with Gasteiger partial charge in [-0.25, -0.2) is 24.0 Å². The van der Waals surface area contributed by atoms with Crippen LogP contribution in [0.4, 0.5) is 10.2 Å². The van der Waals surface area contributed by atoms with Crippen LogP contribution in [-0.2, 0) is 16.8 Å². The second-order valence-corrected chi connectivity index (χ2v) is 8.53. The van der Waals surface area contributed by atoms with Crippen LogP contribution in [0.5, 0.6) is 0 Å². The molecule has 0 atom stereocenters. The van der Waals surface area contributed by atoms with Crippen molar-refractivity contribution in [3.8, 4) is 11.5 Å². The van der Waals surface area contributed by atoms with Crippen LogP contribution in [0.1, 0.15) is 42.4 Å². The van der Waals surface area contributed by atoms with Crippen molar-refractivity contribution >= 4 is 28.7 Å². The third-order valence-corrected chi connectivity index (χ3v) is 5.88. The zero-order valence-corrected chi connectivity index (χ0v) is 18.9. The summed E-state index contributed by atoms with van der Waals surface area (Å²) in [5, 5.41) is 10.8. The molecule has 1 aliphatic heterocycles. The van der Waals surface area contributed by atoms with Gasteiger partial charge >= 0.3 is 0 Å². The number of halogens is 1. The number of pyridine rings is 1. The summed E-state index contributed by atoms with van der Waals surface area (Å²) in [7, 11) is 0. The Balaban J connectivity index is 1.70. The highest BCUT2D eigenvalue weighted by Gasteiger charge is 2.44. The van der Waals surface area contributed by atoms with Crippen LogP contribution >= 0.6 is 0 Å². The molecule has 0 aliphatic carbocycles. The van der Waals surface area contributed by atoms with Gasteiger partial charge in [0.25, 0.3) is 5.91 Å². The standard InChI is InChI=1S/C24H22FN7O2/c1-4-26-22(33)18-16-19(30-23(34)24(16,2)3)29-20(28-18)17-14-9-7-11-27-21(14)32(31-17)12-13-8-5-6-10-15(13)25/h5-11H,4,12H2,1-3H3,(H,26,33)(H,28,29,30,34). The molecule has 10 heteroatoms. The van der Waals surface area contributed by atoms with Gasteiger partial charge in [0, 0.05) is 23.9 Å². The van der Waals surface area contributed by atoms with Gasteiger partial charge in [-0.05, 0) is 39.0 Å². The minimum absolute atomic E-state index is 0.117. The Hall–Kier alpha value is -4.21. The van der Waals surface area contributed by atoms with Crippen molar-refractivity contribution in [2.45, 2.75) is 32.7 Å². The first kappa shape index (κ1) is 21.6. The van der Waals surface area contributed by atoms with Gasteiger partial charge in [0.15, 0.2) is 11.5 Å². The molecule has 0 radical (unpaired) electrons. The van der Waals surface area contributed by atoms with Gasteiger partial charge in [-0.2, -0.15) is 5.10 Å². The lowest BCUT2D eigenvalue weighted by Gasteiger charge is -2.17. The number of anilines is 1. The number of benzene rings is 1. The molecular formula is C24H22FN7O2. The lowest BCUT2D eigenvalue weighted by atomic mass is 9.85. The fourth-order valence-electron chi connectivity index (χ4n) is 4.11. The summed E-state index contributed by atoms with van der Waals surface area (Å²) in [5.74, 6) is -0.567. The van der Waals surface area contributed by atoms with Crippen molar-refractivity contribution in [3.63, 3.8) is 0 Å². The summed E-state index contributed by atoms with van der Waals surface area (Å²) < 4.78 is 15.9. The second kappa shape index (κ2) is 7.98. The number of nitrogens with one attached hydrogen (secondary N) is 2. The highest BCUT2D eigenvalue weighted by molar-refractivity contribution is 6.09. The van der Waals surface area contributed by atoms with E-state index < -0.39 is 11.3 Å². The first-order chi connectivity index (χ1) is 16.3. The van der Waals surface area contributed by atoms with Crippen LogP contribution in [-0.4, -0.2) is 43.1 Å². The number of aromatic nitrogens is 5. The number of hydrogen-bond acceptors (Lipinski definition) is 6. The maximum atomic E-state index is 14.3. The Bertz CT molecular complexity index is 1460. The molecule has 172 valence electrons. The van der Waals surface area contributed by atoms with Crippen molar-refractivity contribution in [2.75, 3.05) is 11.9 Å². The van der Waals surface area contributed by atoms with Gasteiger partial charge in [-0.1, -0.05) is 18.2 Å².